The number of esters is 2. The lowest BCUT2D eigenvalue weighted by Crippen LogP contribution is -2.45. The van der Waals surface area contributed by atoms with Gasteiger partial charge in [0.2, 0.25) is 0 Å². The van der Waals surface area contributed by atoms with Crippen LogP contribution >= 0.6 is 0 Å². The van der Waals surface area contributed by atoms with Gasteiger partial charge in [0.05, 0.1) is 0 Å². The normalized spacial score (nSPS) is 39.5. The summed E-state index contributed by atoms with van der Waals surface area (Å²) in [5, 5.41) is 27.0. The van der Waals surface area contributed by atoms with Gasteiger partial charge in [-0.15, -0.1) is 0 Å². The zero-order valence-electron chi connectivity index (χ0n) is 16.2. The van der Waals surface area contributed by atoms with Crippen LogP contribution in [0.3, 0.4) is 0 Å². The summed E-state index contributed by atoms with van der Waals surface area (Å²) in [6, 6.07) is 0.689. The van der Waals surface area contributed by atoms with Gasteiger partial charge in [-0.2, -0.15) is 0 Å². The molecule has 2 saturated heterocycles. The van der Waals surface area contributed by atoms with Crippen molar-refractivity contribution in [2.24, 2.45) is 11.8 Å². The van der Waals surface area contributed by atoms with Gasteiger partial charge in [-0.1, -0.05) is 25.7 Å². The van der Waals surface area contributed by atoms with Gasteiger partial charge < -0.3 is 30.3 Å². The minimum absolute atomic E-state index is 0.238. The number of ether oxygens (including phenoxy) is 2. The summed E-state index contributed by atoms with van der Waals surface area (Å²) in [6.07, 6.45) is 4.13. The van der Waals surface area contributed by atoms with Gasteiger partial charge in [0.15, 0.2) is 12.2 Å². The van der Waals surface area contributed by atoms with Gasteiger partial charge in [0.25, 0.3) is 0 Å². The van der Waals surface area contributed by atoms with E-state index >= 15 is 0 Å². The van der Waals surface area contributed by atoms with Crippen LogP contribution < -0.4 is 10.6 Å². The van der Waals surface area contributed by atoms with Crippen molar-refractivity contribution >= 4 is 11.9 Å². The number of hydrogen-bond acceptors (Lipinski definition) is 8. The maximum Gasteiger partial charge on any atom is 0.338 e. The number of carbonyl (C=O) groups is 2. The highest BCUT2D eigenvalue weighted by Crippen LogP contribution is 2.34. The van der Waals surface area contributed by atoms with E-state index in [-0.39, 0.29) is 24.0 Å². The molecule has 4 N–H and O–H groups in total. The second-order valence-electron chi connectivity index (χ2n) is 8.77. The van der Waals surface area contributed by atoms with Crippen molar-refractivity contribution in [3.8, 4) is 0 Å². The average molecular weight is 396 g/mol. The van der Waals surface area contributed by atoms with Crippen molar-refractivity contribution in [3.63, 3.8) is 0 Å². The molecule has 4 aliphatic rings. The Kier molecular flexibility index (Phi) is 6.20. The first-order chi connectivity index (χ1) is 13.5. The second-order valence-corrected chi connectivity index (χ2v) is 8.77. The maximum absolute atomic E-state index is 12.3. The van der Waals surface area contributed by atoms with E-state index in [9.17, 15) is 19.8 Å². The van der Waals surface area contributed by atoms with E-state index < -0.39 is 24.1 Å². The molecule has 0 aromatic heterocycles. The Bertz CT molecular complexity index is 537. The van der Waals surface area contributed by atoms with Crippen LogP contribution in [-0.4, -0.2) is 71.7 Å². The van der Waals surface area contributed by atoms with Crippen LogP contribution in [0.25, 0.3) is 0 Å². The average Bonchev–Trinajstić information content (AvgIpc) is 3.31. The van der Waals surface area contributed by atoms with Crippen LogP contribution in [0, 0.1) is 11.8 Å². The molecule has 2 saturated carbocycles. The first-order valence-corrected chi connectivity index (χ1v) is 10.8. The lowest BCUT2D eigenvalue weighted by atomic mass is 9.84. The van der Waals surface area contributed by atoms with Crippen LogP contribution in [0.15, 0.2) is 0 Å². The fourth-order valence-corrected chi connectivity index (χ4v) is 5.51. The molecular weight excluding hydrogens is 364 g/mol. The number of nitrogens with one attached hydrogen (secondary N) is 2. The van der Waals surface area contributed by atoms with Crippen molar-refractivity contribution in [3.05, 3.63) is 0 Å². The molecule has 8 atom stereocenters. The third-order valence-electron chi connectivity index (χ3n) is 7.07. The summed E-state index contributed by atoms with van der Waals surface area (Å²) in [4.78, 5) is 24.6. The van der Waals surface area contributed by atoms with E-state index in [1.807, 2.05) is 0 Å². The Hall–Kier alpha value is -1.22. The zero-order chi connectivity index (χ0) is 19.7. The van der Waals surface area contributed by atoms with Crippen molar-refractivity contribution in [1.82, 2.24) is 10.6 Å². The molecule has 0 aromatic carbocycles. The van der Waals surface area contributed by atoms with Gasteiger partial charge in [-0.25, -0.2) is 9.59 Å². The van der Waals surface area contributed by atoms with Crippen LogP contribution in [-0.2, 0) is 19.1 Å². The zero-order valence-corrected chi connectivity index (χ0v) is 16.2. The van der Waals surface area contributed by atoms with E-state index in [4.69, 9.17) is 9.47 Å². The molecule has 8 unspecified atom stereocenters. The lowest BCUT2D eigenvalue weighted by molar-refractivity contribution is -0.180. The first kappa shape index (κ1) is 20.1. The van der Waals surface area contributed by atoms with E-state index in [0.29, 0.717) is 25.2 Å². The van der Waals surface area contributed by atoms with Gasteiger partial charge in [0, 0.05) is 37.0 Å². The molecule has 4 rings (SSSR count). The molecular formula is C20H32N2O6. The number of aliphatic hydroxyl groups excluding tert-OH is 2. The Morgan fingerprint density at radius 1 is 0.714 bits per heavy atom. The summed E-state index contributed by atoms with van der Waals surface area (Å²) in [5.74, 6) is -1.44. The number of carbonyl (C=O) groups excluding carboxylic acids is 2. The third kappa shape index (κ3) is 4.06. The van der Waals surface area contributed by atoms with Crippen molar-refractivity contribution in [1.29, 1.82) is 0 Å². The third-order valence-corrected chi connectivity index (χ3v) is 7.07. The molecule has 0 amide bonds. The Balaban J connectivity index is 1.28. The highest BCUT2D eigenvalue weighted by atomic mass is 16.6. The predicted octanol–water partition coefficient (Wildman–Crippen LogP) is -0.144. The topological polar surface area (TPSA) is 117 Å². The fraction of sp³-hybridized carbons (Fsp3) is 0.900. The minimum Gasteiger partial charge on any atom is -0.459 e. The molecule has 8 heteroatoms. The number of rotatable bonds is 5. The molecule has 4 fully saturated rings. The highest BCUT2D eigenvalue weighted by molar-refractivity contribution is 5.85. The quantitative estimate of drug-likeness (QED) is 0.474. The predicted molar refractivity (Wildman–Crippen MR) is 99.3 cm³/mol. The van der Waals surface area contributed by atoms with E-state index in [2.05, 4.69) is 10.6 Å². The molecule has 0 radical (unpaired) electrons. The lowest BCUT2D eigenvalue weighted by Gasteiger charge is -2.29. The molecule has 0 spiro atoms. The highest BCUT2D eigenvalue weighted by Gasteiger charge is 2.44. The first-order valence-electron chi connectivity index (χ1n) is 10.8. The number of aliphatic hydroxyl groups is 2. The fourth-order valence-electron chi connectivity index (χ4n) is 5.51. The Morgan fingerprint density at radius 3 is 1.54 bits per heavy atom. The summed E-state index contributed by atoms with van der Waals surface area (Å²) in [5.41, 5.74) is 0. The van der Waals surface area contributed by atoms with Gasteiger partial charge in [0.1, 0.15) is 12.2 Å². The van der Waals surface area contributed by atoms with Crippen LogP contribution in [0.5, 0.6) is 0 Å². The van der Waals surface area contributed by atoms with E-state index in [0.717, 1.165) is 38.5 Å². The summed E-state index contributed by atoms with van der Waals surface area (Å²) in [6.45, 7) is 1.09. The molecule has 8 nitrogen and oxygen atoms in total. The molecule has 158 valence electrons. The van der Waals surface area contributed by atoms with Gasteiger partial charge >= 0.3 is 11.9 Å². The van der Waals surface area contributed by atoms with Crippen LogP contribution in [0.2, 0.25) is 0 Å². The molecule has 2 heterocycles. The Labute approximate surface area is 165 Å². The standard InChI is InChI=1S/C20H32N2O6/c23-17(19(25)27-15-9-21-13-7-3-1-5-11(13)15)18(24)20(26)28-16-10-22-14-8-4-2-6-12(14)16/h11-18,21-24H,1-10H2. The smallest absolute Gasteiger partial charge is 0.338 e. The monoisotopic (exact) mass is 396 g/mol. The van der Waals surface area contributed by atoms with Gasteiger partial charge in [-0.3, -0.25) is 0 Å². The minimum atomic E-state index is -1.92. The van der Waals surface area contributed by atoms with E-state index in [1.54, 1.807) is 0 Å². The summed E-state index contributed by atoms with van der Waals surface area (Å²) < 4.78 is 10.9. The molecule has 2 aliphatic heterocycles. The molecule has 28 heavy (non-hydrogen) atoms. The van der Waals surface area contributed by atoms with Crippen LogP contribution in [0.1, 0.15) is 51.4 Å². The molecule has 2 aliphatic carbocycles. The summed E-state index contributed by atoms with van der Waals surface area (Å²) in [7, 11) is 0. The van der Waals surface area contributed by atoms with Crippen LogP contribution in [0.4, 0.5) is 0 Å². The van der Waals surface area contributed by atoms with Crippen molar-refractivity contribution in [2.75, 3.05) is 13.1 Å². The van der Waals surface area contributed by atoms with Crippen molar-refractivity contribution in [2.45, 2.75) is 87.9 Å². The second kappa shape index (κ2) is 8.65. The SMILES string of the molecule is O=C(OC1CNC2CCCCC21)C(O)C(O)C(=O)OC1CNC2CCCCC21. The summed E-state index contributed by atoms with van der Waals surface area (Å²) >= 11 is 0. The maximum atomic E-state index is 12.3. The van der Waals surface area contributed by atoms with Crippen molar-refractivity contribution < 1.29 is 29.3 Å². The largest absolute Gasteiger partial charge is 0.459 e. The number of hydrogen-bond donors (Lipinski definition) is 4. The number of fused-ring (bicyclic) bond motifs is 2. The molecule has 0 bridgehead atoms. The molecule has 0 aromatic rings. The van der Waals surface area contributed by atoms with E-state index in [1.165, 1.54) is 12.8 Å². The Morgan fingerprint density at radius 2 is 1.11 bits per heavy atom. The van der Waals surface area contributed by atoms with Gasteiger partial charge in [-0.05, 0) is 25.7 Å².